The number of hydrogen-bond donors (Lipinski definition) is 0. The molecule has 21 heavy (non-hydrogen) atoms. The van der Waals surface area contributed by atoms with E-state index in [1.165, 1.54) is 6.42 Å². The summed E-state index contributed by atoms with van der Waals surface area (Å²) < 4.78 is 59.0. The van der Waals surface area contributed by atoms with Gasteiger partial charge < -0.3 is 4.74 Å². The van der Waals surface area contributed by atoms with Gasteiger partial charge in [-0.1, -0.05) is 6.92 Å². The zero-order valence-electron chi connectivity index (χ0n) is 12.5. The Morgan fingerprint density at radius 1 is 0.857 bits per heavy atom. The molecule has 0 N–H and O–H groups in total. The first-order valence-electron chi connectivity index (χ1n) is 8.19. The van der Waals surface area contributed by atoms with Crippen molar-refractivity contribution in [1.82, 2.24) is 0 Å². The smallest absolute Gasteiger partial charge is 0.312 e. The fraction of sp³-hybridized carbons (Fsp3) is 1.00. The molecule has 0 aromatic carbocycles. The Hall–Kier alpha value is -0.320. The lowest BCUT2D eigenvalue weighted by atomic mass is 9.55. The Balaban J connectivity index is 1.52. The van der Waals surface area contributed by atoms with E-state index in [1.54, 1.807) is 0 Å². The molecule has 4 rings (SSSR count). The molecule has 4 fully saturated rings. The van der Waals surface area contributed by atoms with Crippen LogP contribution in [0.4, 0.5) is 17.6 Å². The molecule has 4 aliphatic carbocycles. The Labute approximate surface area is 123 Å². The van der Waals surface area contributed by atoms with E-state index in [9.17, 15) is 17.6 Å². The maximum atomic E-state index is 13.5. The molecule has 0 aromatic rings. The summed E-state index contributed by atoms with van der Waals surface area (Å²) in [5, 5.41) is 0. The Morgan fingerprint density at radius 3 is 1.86 bits per heavy atom. The van der Waals surface area contributed by atoms with Crippen LogP contribution in [0.3, 0.4) is 0 Å². The van der Waals surface area contributed by atoms with Crippen molar-refractivity contribution in [3.63, 3.8) is 0 Å². The zero-order valence-corrected chi connectivity index (χ0v) is 12.5. The third-order valence-electron chi connectivity index (χ3n) is 5.85. The topological polar surface area (TPSA) is 9.23 Å². The molecule has 0 atom stereocenters. The average molecular weight is 308 g/mol. The van der Waals surface area contributed by atoms with Crippen molar-refractivity contribution in [2.24, 2.45) is 23.7 Å². The minimum atomic E-state index is -3.96. The van der Waals surface area contributed by atoms with Crippen LogP contribution in [0, 0.1) is 23.7 Å². The number of alkyl halides is 4. The molecule has 4 aliphatic rings. The highest BCUT2D eigenvalue weighted by Gasteiger charge is 2.54. The summed E-state index contributed by atoms with van der Waals surface area (Å²) in [6.45, 7) is 0.835. The van der Waals surface area contributed by atoms with Crippen molar-refractivity contribution in [1.29, 1.82) is 0 Å². The van der Waals surface area contributed by atoms with Gasteiger partial charge in [0, 0.05) is 12.8 Å². The SMILES string of the molecule is CCC(F)(F)C(F)(F)CCOC1C2CC3CC(C2)CC1C3. The van der Waals surface area contributed by atoms with Crippen LogP contribution in [0.1, 0.15) is 51.9 Å². The second kappa shape index (κ2) is 5.39. The molecule has 1 nitrogen and oxygen atoms in total. The van der Waals surface area contributed by atoms with Crippen molar-refractivity contribution in [2.75, 3.05) is 6.61 Å². The normalized spacial score (nSPS) is 39.0. The van der Waals surface area contributed by atoms with Crippen LogP contribution in [0.15, 0.2) is 0 Å². The molecule has 122 valence electrons. The fourth-order valence-electron chi connectivity index (χ4n) is 4.91. The standard InChI is InChI=1S/C16H24F4O/c1-2-15(17,18)16(19,20)3-4-21-14-12-6-10-5-11(8-12)9-13(14)7-10/h10-14H,2-9H2,1H3. The lowest BCUT2D eigenvalue weighted by Gasteiger charge is -2.54. The molecule has 5 heteroatoms. The van der Waals surface area contributed by atoms with Gasteiger partial charge in [-0.05, 0) is 55.8 Å². The van der Waals surface area contributed by atoms with Gasteiger partial charge in [-0.15, -0.1) is 0 Å². The van der Waals surface area contributed by atoms with Gasteiger partial charge in [-0.25, -0.2) is 0 Å². The first-order valence-corrected chi connectivity index (χ1v) is 8.19. The second-order valence-corrected chi connectivity index (χ2v) is 7.28. The molecule has 0 amide bonds. The third-order valence-corrected chi connectivity index (χ3v) is 5.85. The van der Waals surface area contributed by atoms with Gasteiger partial charge in [0.2, 0.25) is 0 Å². The van der Waals surface area contributed by atoms with E-state index in [4.69, 9.17) is 4.74 Å². The van der Waals surface area contributed by atoms with E-state index >= 15 is 0 Å². The molecule has 0 heterocycles. The van der Waals surface area contributed by atoms with Gasteiger partial charge >= 0.3 is 11.8 Å². The molecular formula is C16H24F4O. The minimum absolute atomic E-state index is 0.0313. The van der Waals surface area contributed by atoms with Crippen molar-refractivity contribution in [3.8, 4) is 0 Å². The van der Waals surface area contributed by atoms with Crippen LogP contribution in [0.2, 0.25) is 0 Å². The van der Waals surface area contributed by atoms with Gasteiger partial charge in [0.1, 0.15) is 0 Å². The van der Waals surface area contributed by atoms with E-state index in [-0.39, 0.29) is 12.7 Å². The van der Waals surface area contributed by atoms with Crippen molar-refractivity contribution >= 4 is 0 Å². The van der Waals surface area contributed by atoms with Gasteiger partial charge in [0.15, 0.2) is 0 Å². The number of rotatable bonds is 6. The van der Waals surface area contributed by atoms with Crippen molar-refractivity contribution in [3.05, 3.63) is 0 Å². The summed E-state index contributed by atoms with van der Waals surface area (Å²) in [5.41, 5.74) is 0. The summed E-state index contributed by atoms with van der Waals surface area (Å²) >= 11 is 0. The molecule has 0 aliphatic heterocycles. The first-order chi connectivity index (χ1) is 9.82. The van der Waals surface area contributed by atoms with E-state index in [2.05, 4.69) is 0 Å². The molecule has 4 bridgehead atoms. The van der Waals surface area contributed by atoms with Gasteiger partial charge in [-0.2, -0.15) is 17.6 Å². The van der Waals surface area contributed by atoms with Crippen LogP contribution in [-0.4, -0.2) is 24.6 Å². The average Bonchev–Trinajstić information content (AvgIpc) is 2.40. The Kier molecular flexibility index (Phi) is 4.00. The molecule has 0 aromatic heterocycles. The summed E-state index contributed by atoms with van der Waals surface area (Å²) in [4.78, 5) is 0. The molecule has 0 spiro atoms. The number of ether oxygens (including phenoxy) is 1. The summed E-state index contributed by atoms with van der Waals surface area (Å²) in [6.07, 6.45) is 4.19. The van der Waals surface area contributed by atoms with Crippen LogP contribution in [0.25, 0.3) is 0 Å². The van der Waals surface area contributed by atoms with Crippen LogP contribution in [0.5, 0.6) is 0 Å². The monoisotopic (exact) mass is 308 g/mol. The fourth-order valence-corrected chi connectivity index (χ4v) is 4.91. The minimum Gasteiger partial charge on any atom is -0.377 e. The highest BCUT2D eigenvalue weighted by atomic mass is 19.3. The maximum Gasteiger partial charge on any atom is 0.312 e. The highest BCUT2D eigenvalue weighted by molar-refractivity contribution is 4.99. The Morgan fingerprint density at radius 2 is 1.38 bits per heavy atom. The molecule has 0 saturated heterocycles. The van der Waals surface area contributed by atoms with E-state index in [1.807, 2.05) is 0 Å². The highest BCUT2D eigenvalue weighted by Crippen LogP contribution is 2.54. The predicted molar refractivity (Wildman–Crippen MR) is 71.6 cm³/mol. The van der Waals surface area contributed by atoms with Crippen molar-refractivity contribution < 1.29 is 22.3 Å². The molecule has 4 saturated carbocycles. The molecule has 0 unspecified atom stereocenters. The lowest BCUT2D eigenvalue weighted by Crippen LogP contribution is -2.50. The molecular weight excluding hydrogens is 284 g/mol. The van der Waals surface area contributed by atoms with E-state index in [0.717, 1.165) is 44.4 Å². The largest absolute Gasteiger partial charge is 0.377 e. The van der Waals surface area contributed by atoms with Crippen molar-refractivity contribution in [2.45, 2.75) is 69.8 Å². The summed E-state index contributed by atoms with van der Waals surface area (Å²) in [7, 11) is 0. The van der Waals surface area contributed by atoms with E-state index < -0.39 is 24.7 Å². The zero-order chi connectivity index (χ0) is 15.3. The second-order valence-electron chi connectivity index (χ2n) is 7.28. The third kappa shape index (κ3) is 2.82. The van der Waals surface area contributed by atoms with Gasteiger partial charge in [-0.3, -0.25) is 0 Å². The number of hydrogen-bond acceptors (Lipinski definition) is 1. The number of halogens is 4. The summed E-state index contributed by atoms with van der Waals surface area (Å²) in [6, 6.07) is 0. The van der Waals surface area contributed by atoms with E-state index in [0.29, 0.717) is 11.8 Å². The quantitative estimate of drug-likeness (QED) is 0.634. The van der Waals surface area contributed by atoms with Gasteiger partial charge in [0.25, 0.3) is 0 Å². The molecule has 0 radical (unpaired) electrons. The van der Waals surface area contributed by atoms with Crippen LogP contribution >= 0.6 is 0 Å². The summed E-state index contributed by atoms with van der Waals surface area (Å²) in [5.74, 6) is -5.37. The Bertz CT molecular complexity index is 354. The maximum absolute atomic E-state index is 13.5. The lowest BCUT2D eigenvalue weighted by molar-refractivity contribution is -0.223. The van der Waals surface area contributed by atoms with Crippen LogP contribution in [-0.2, 0) is 4.74 Å². The predicted octanol–water partition coefficient (Wildman–Crippen LogP) is 4.90. The van der Waals surface area contributed by atoms with Gasteiger partial charge in [0.05, 0.1) is 12.7 Å². The van der Waals surface area contributed by atoms with Crippen LogP contribution < -0.4 is 0 Å². The first kappa shape index (κ1) is 15.6.